The number of rotatable bonds is 4. The van der Waals surface area contributed by atoms with Crippen molar-refractivity contribution in [3.8, 4) is 11.5 Å². The average molecular weight is 246 g/mol. The van der Waals surface area contributed by atoms with Crippen LogP contribution in [0.15, 0.2) is 18.5 Å². The summed E-state index contributed by atoms with van der Waals surface area (Å²) in [4.78, 5) is 4.11. The first kappa shape index (κ1) is 12.6. The van der Waals surface area contributed by atoms with E-state index in [2.05, 4.69) is 15.4 Å². The zero-order chi connectivity index (χ0) is 13.1. The van der Waals surface area contributed by atoms with Crippen molar-refractivity contribution in [2.45, 2.75) is 20.4 Å². The van der Waals surface area contributed by atoms with E-state index in [0.29, 0.717) is 0 Å². The average Bonchev–Trinajstić information content (AvgIpc) is 2.59. The Balaban J connectivity index is 2.34. The van der Waals surface area contributed by atoms with E-state index >= 15 is 0 Å². The summed E-state index contributed by atoms with van der Waals surface area (Å²) in [5.41, 5.74) is 2.97. The van der Waals surface area contributed by atoms with Crippen molar-refractivity contribution >= 4 is 0 Å². The second-order valence-electron chi connectivity index (χ2n) is 4.24. The van der Waals surface area contributed by atoms with Gasteiger partial charge in [0.2, 0.25) is 0 Å². The summed E-state index contributed by atoms with van der Waals surface area (Å²) in [5, 5.41) is 7.45. The van der Waals surface area contributed by atoms with Crippen LogP contribution in [0.3, 0.4) is 0 Å². The molecule has 0 saturated heterocycles. The van der Waals surface area contributed by atoms with E-state index < -0.39 is 0 Å². The molecular weight excluding hydrogens is 228 g/mol. The van der Waals surface area contributed by atoms with Gasteiger partial charge in [-0.2, -0.15) is 5.10 Å². The third kappa shape index (κ3) is 2.36. The first-order valence-electron chi connectivity index (χ1n) is 5.89. The molecule has 1 N–H and O–H groups in total. The molecule has 0 aromatic carbocycles. The van der Waals surface area contributed by atoms with Gasteiger partial charge in [0.1, 0.15) is 11.4 Å². The monoisotopic (exact) mass is 246 g/mol. The van der Waals surface area contributed by atoms with E-state index in [1.807, 2.05) is 38.7 Å². The lowest BCUT2D eigenvalue weighted by Crippen LogP contribution is -2.06. The molecule has 2 aromatic heterocycles. The summed E-state index contributed by atoms with van der Waals surface area (Å²) in [6.45, 7) is 4.68. The molecule has 0 aliphatic rings. The van der Waals surface area contributed by atoms with Crippen molar-refractivity contribution in [3.05, 3.63) is 35.4 Å². The number of pyridine rings is 1. The van der Waals surface area contributed by atoms with Gasteiger partial charge in [0.15, 0.2) is 5.75 Å². The van der Waals surface area contributed by atoms with Gasteiger partial charge in [0.25, 0.3) is 0 Å². The number of hydrogen-bond donors (Lipinski definition) is 1. The maximum atomic E-state index is 5.96. The first-order chi connectivity index (χ1) is 8.63. The second-order valence-corrected chi connectivity index (χ2v) is 4.24. The Morgan fingerprint density at radius 3 is 2.78 bits per heavy atom. The van der Waals surface area contributed by atoms with E-state index in [1.165, 1.54) is 0 Å². The minimum atomic E-state index is 0.746. The van der Waals surface area contributed by atoms with Crippen LogP contribution in [0.5, 0.6) is 11.5 Å². The Labute approximate surface area is 107 Å². The molecule has 0 amide bonds. The molecule has 0 radical (unpaired) electrons. The van der Waals surface area contributed by atoms with Crippen molar-refractivity contribution in [2.24, 2.45) is 7.05 Å². The third-order valence-corrected chi connectivity index (χ3v) is 2.89. The zero-order valence-electron chi connectivity index (χ0n) is 11.2. The number of aryl methyl sites for hydroxylation is 2. The van der Waals surface area contributed by atoms with Crippen LogP contribution in [-0.2, 0) is 13.6 Å². The molecule has 0 bridgehead atoms. The Bertz CT molecular complexity index is 548. The fraction of sp³-hybridized carbons (Fsp3) is 0.385. The summed E-state index contributed by atoms with van der Waals surface area (Å²) in [6.07, 6.45) is 3.50. The van der Waals surface area contributed by atoms with Crippen LogP contribution in [0.2, 0.25) is 0 Å². The van der Waals surface area contributed by atoms with Crippen LogP contribution in [0.25, 0.3) is 0 Å². The number of nitrogens with zero attached hydrogens (tertiary/aromatic N) is 3. The van der Waals surface area contributed by atoms with Gasteiger partial charge in [-0.3, -0.25) is 9.67 Å². The molecule has 0 aliphatic carbocycles. The molecule has 5 nitrogen and oxygen atoms in total. The topological polar surface area (TPSA) is 52.0 Å². The van der Waals surface area contributed by atoms with Gasteiger partial charge < -0.3 is 10.1 Å². The van der Waals surface area contributed by atoms with Crippen LogP contribution in [0.4, 0.5) is 0 Å². The Morgan fingerprint density at radius 2 is 2.17 bits per heavy atom. The summed E-state index contributed by atoms with van der Waals surface area (Å²) < 4.78 is 7.78. The van der Waals surface area contributed by atoms with E-state index in [-0.39, 0.29) is 0 Å². The van der Waals surface area contributed by atoms with Crippen molar-refractivity contribution in [1.82, 2.24) is 20.1 Å². The maximum absolute atomic E-state index is 5.96. The summed E-state index contributed by atoms with van der Waals surface area (Å²) in [5.74, 6) is 1.58. The van der Waals surface area contributed by atoms with Crippen LogP contribution in [0.1, 0.15) is 17.0 Å². The molecule has 0 unspecified atom stereocenters. The quantitative estimate of drug-likeness (QED) is 0.895. The molecule has 0 atom stereocenters. The standard InChI is InChI=1S/C13H18N4O/c1-9-13(10(2)17(4)16-9)18-12-8-15-6-5-11(12)7-14-3/h5-6,8,14H,7H2,1-4H3. The summed E-state index contributed by atoms with van der Waals surface area (Å²) >= 11 is 0. The van der Waals surface area contributed by atoms with Crippen LogP contribution in [0, 0.1) is 13.8 Å². The summed E-state index contributed by atoms with van der Waals surface area (Å²) in [7, 11) is 3.82. The van der Waals surface area contributed by atoms with Gasteiger partial charge in [-0.15, -0.1) is 0 Å². The van der Waals surface area contributed by atoms with Gasteiger partial charge in [-0.1, -0.05) is 0 Å². The number of ether oxygens (including phenoxy) is 1. The molecule has 96 valence electrons. The molecule has 18 heavy (non-hydrogen) atoms. The molecule has 2 heterocycles. The Kier molecular flexibility index (Phi) is 3.62. The smallest absolute Gasteiger partial charge is 0.171 e. The lowest BCUT2D eigenvalue weighted by molar-refractivity contribution is 0.464. The van der Waals surface area contributed by atoms with Crippen LogP contribution in [-0.4, -0.2) is 21.8 Å². The van der Waals surface area contributed by atoms with Crippen LogP contribution >= 0.6 is 0 Å². The van der Waals surface area contributed by atoms with E-state index in [1.54, 1.807) is 12.4 Å². The van der Waals surface area contributed by atoms with Crippen molar-refractivity contribution in [3.63, 3.8) is 0 Å². The fourth-order valence-electron chi connectivity index (χ4n) is 1.85. The van der Waals surface area contributed by atoms with Crippen molar-refractivity contribution in [2.75, 3.05) is 7.05 Å². The van der Waals surface area contributed by atoms with Crippen molar-refractivity contribution < 1.29 is 4.74 Å². The highest BCUT2D eigenvalue weighted by atomic mass is 16.5. The Morgan fingerprint density at radius 1 is 1.39 bits per heavy atom. The molecule has 0 spiro atoms. The predicted octanol–water partition coefficient (Wildman–Crippen LogP) is 1.94. The highest BCUT2D eigenvalue weighted by Crippen LogP contribution is 2.29. The van der Waals surface area contributed by atoms with Gasteiger partial charge in [0, 0.05) is 25.4 Å². The zero-order valence-corrected chi connectivity index (χ0v) is 11.2. The predicted molar refractivity (Wildman–Crippen MR) is 69.8 cm³/mol. The molecule has 2 rings (SSSR count). The van der Waals surface area contributed by atoms with Gasteiger partial charge >= 0.3 is 0 Å². The highest BCUT2D eigenvalue weighted by molar-refractivity contribution is 5.39. The second kappa shape index (κ2) is 5.18. The molecule has 0 fully saturated rings. The van der Waals surface area contributed by atoms with E-state index in [0.717, 1.165) is 35.0 Å². The summed E-state index contributed by atoms with van der Waals surface area (Å²) in [6, 6.07) is 1.95. The first-order valence-corrected chi connectivity index (χ1v) is 5.89. The molecule has 0 saturated carbocycles. The lowest BCUT2D eigenvalue weighted by atomic mass is 10.2. The number of hydrogen-bond acceptors (Lipinski definition) is 4. The SMILES string of the molecule is CNCc1ccncc1Oc1c(C)nn(C)c1C. The third-order valence-electron chi connectivity index (χ3n) is 2.89. The lowest BCUT2D eigenvalue weighted by Gasteiger charge is -2.10. The Hall–Kier alpha value is -1.88. The maximum Gasteiger partial charge on any atom is 0.171 e. The minimum absolute atomic E-state index is 0.746. The number of aromatic nitrogens is 3. The van der Waals surface area contributed by atoms with Crippen LogP contribution < -0.4 is 10.1 Å². The highest BCUT2D eigenvalue weighted by Gasteiger charge is 2.13. The molecule has 0 aliphatic heterocycles. The van der Waals surface area contributed by atoms with Gasteiger partial charge in [0.05, 0.1) is 11.9 Å². The van der Waals surface area contributed by atoms with E-state index in [9.17, 15) is 0 Å². The van der Waals surface area contributed by atoms with Gasteiger partial charge in [-0.25, -0.2) is 0 Å². The molecule has 5 heteroatoms. The number of nitrogens with one attached hydrogen (secondary N) is 1. The van der Waals surface area contributed by atoms with Crippen molar-refractivity contribution in [1.29, 1.82) is 0 Å². The normalized spacial score (nSPS) is 10.7. The largest absolute Gasteiger partial charge is 0.452 e. The fourth-order valence-corrected chi connectivity index (χ4v) is 1.85. The molecular formula is C13H18N4O. The van der Waals surface area contributed by atoms with E-state index in [4.69, 9.17) is 4.74 Å². The van der Waals surface area contributed by atoms with Gasteiger partial charge in [-0.05, 0) is 27.0 Å². The minimum Gasteiger partial charge on any atom is -0.452 e. The molecule has 2 aromatic rings.